The summed E-state index contributed by atoms with van der Waals surface area (Å²) in [6.07, 6.45) is 1.94. The quantitative estimate of drug-likeness (QED) is 0.541. The highest BCUT2D eigenvalue weighted by Crippen LogP contribution is 2.34. The molecule has 162 valence electrons. The summed E-state index contributed by atoms with van der Waals surface area (Å²) in [7, 11) is 1.55. The first-order chi connectivity index (χ1) is 15.5. The van der Waals surface area contributed by atoms with Crippen molar-refractivity contribution in [3.63, 3.8) is 0 Å². The van der Waals surface area contributed by atoms with Gasteiger partial charge in [0, 0.05) is 10.7 Å². The first-order valence-corrected chi connectivity index (χ1v) is 10.6. The minimum Gasteiger partial charge on any atom is -0.495 e. The van der Waals surface area contributed by atoms with E-state index in [2.05, 4.69) is 0 Å². The van der Waals surface area contributed by atoms with E-state index in [1.54, 1.807) is 48.4 Å². The minimum atomic E-state index is -0.803. The first-order valence-electron chi connectivity index (χ1n) is 10.2. The van der Waals surface area contributed by atoms with Crippen LogP contribution in [-0.4, -0.2) is 31.5 Å². The summed E-state index contributed by atoms with van der Waals surface area (Å²) in [5.74, 6) is 0.148. The number of carbonyl (C=O) groups excluding carboxylic acids is 2. The van der Waals surface area contributed by atoms with E-state index in [-0.39, 0.29) is 18.4 Å². The van der Waals surface area contributed by atoms with Crippen molar-refractivity contribution in [2.45, 2.75) is 13.0 Å². The van der Waals surface area contributed by atoms with E-state index in [1.165, 1.54) is 4.90 Å². The van der Waals surface area contributed by atoms with Crippen molar-refractivity contribution >= 4 is 40.9 Å². The maximum Gasteiger partial charge on any atom is 0.255 e. The molecule has 0 saturated carbocycles. The lowest BCUT2D eigenvalue weighted by Crippen LogP contribution is -2.61. The molecule has 4 rings (SSSR count). The van der Waals surface area contributed by atoms with Crippen LogP contribution >= 0.6 is 11.6 Å². The maximum atomic E-state index is 13.8. The van der Waals surface area contributed by atoms with Gasteiger partial charge in [0.25, 0.3) is 5.91 Å². The molecule has 5 nitrogen and oxygen atoms in total. The number of halogens is 1. The summed E-state index contributed by atoms with van der Waals surface area (Å²) in [5.41, 5.74) is 2.90. The molecule has 0 aliphatic carbocycles. The van der Waals surface area contributed by atoms with Gasteiger partial charge in [-0.15, -0.1) is 0 Å². The molecule has 0 bridgehead atoms. The number of para-hydroxylation sites is 2. The maximum absolute atomic E-state index is 13.8. The van der Waals surface area contributed by atoms with E-state index >= 15 is 0 Å². The Balaban J connectivity index is 1.81. The van der Waals surface area contributed by atoms with Crippen LogP contribution in [0.2, 0.25) is 5.02 Å². The van der Waals surface area contributed by atoms with E-state index in [9.17, 15) is 9.59 Å². The van der Waals surface area contributed by atoms with Gasteiger partial charge < -0.3 is 4.74 Å². The fourth-order valence-corrected chi connectivity index (χ4v) is 4.06. The van der Waals surface area contributed by atoms with Crippen LogP contribution in [0.5, 0.6) is 5.75 Å². The topological polar surface area (TPSA) is 49.9 Å². The Hall–Kier alpha value is -3.57. The second kappa shape index (κ2) is 9.28. The van der Waals surface area contributed by atoms with Crippen molar-refractivity contribution in [2.24, 2.45) is 0 Å². The Morgan fingerprint density at radius 3 is 2.31 bits per heavy atom. The zero-order chi connectivity index (χ0) is 22.7. The largest absolute Gasteiger partial charge is 0.495 e. The zero-order valence-electron chi connectivity index (χ0n) is 17.9. The Morgan fingerprint density at radius 2 is 1.62 bits per heavy atom. The Kier molecular flexibility index (Phi) is 6.28. The summed E-state index contributed by atoms with van der Waals surface area (Å²) < 4.78 is 5.45. The van der Waals surface area contributed by atoms with Crippen molar-refractivity contribution in [2.75, 3.05) is 23.5 Å². The molecule has 0 radical (unpaired) electrons. The predicted molar refractivity (Wildman–Crippen MR) is 128 cm³/mol. The van der Waals surface area contributed by atoms with Crippen LogP contribution < -0.4 is 14.5 Å². The lowest BCUT2D eigenvalue weighted by molar-refractivity contribution is -0.127. The molecule has 1 heterocycles. The Bertz CT molecular complexity index is 1160. The van der Waals surface area contributed by atoms with Crippen molar-refractivity contribution in [3.8, 4) is 5.75 Å². The van der Waals surface area contributed by atoms with Gasteiger partial charge in [-0.25, -0.2) is 0 Å². The van der Waals surface area contributed by atoms with E-state index in [4.69, 9.17) is 16.3 Å². The van der Waals surface area contributed by atoms with Gasteiger partial charge >= 0.3 is 0 Å². The molecule has 3 aromatic rings. The fraction of sp³-hybridized carbons (Fsp3) is 0.154. The fourth-order valence-electron chi connectivity index (χ4n) is 3.93. The Morgan fingerprint density at radius 1 is 0.969 bits per heavy atom. The lowest BCUT2D eigenvalue weighted by Gasteiger charge is -2.41. The number of carbonyl (C=O) groups is 2. The number of benzene rings is 3. The van der Waals surface area contributed by atoms with Crippen LogP contribution in [0.15, 0.2) is 84.4 Å². The molecule has 1 aliphatic rings. The average Bonchev–Trinajstić information content (AvgIpc) is 2.81. The molecule has 1 fully saturated rings. The highest BCUT2D eigenvalue weighted by atomic mass is 35.5. The third kappa shape index (κ3) is 4.25. The highest BCUT2D eigenvalue weighted by Gasteiger charge is 2.42. The van der Waals surface area contributed by atoms with Gasteiger partial charge in [0.2, 0.25) is 5.91 Å². The van der Waals surface area contributed by atoms with Crippen LogP contribution in [-0.2, 0) is 9.59 Å². The molecule has 0 N–H and O–H groups in total. The van der Waals surface area contributed by atoms with Crippen molar-refractivity contribution in [1.29, 1.82) is 0 Å². The van der Waals surface area contributed by atoms with E-state index in [0.29, 0.717) is 22.1 Å². The summed E-state index contributed by atoms with van der Waals surface area (Å²) >= 11 is 6.05. The number of amides is 2. The lowest BCUT2D eigenvalue weighted by atomic mass is 9.98. The molecular formula is C26H23ClN2O3. The molecule has 0 spiro atoms. The molecule has 3 aromatic carbocycles. The molecule has 1 unspecified atom stereocenters. The molecule has 1 aliphatic heterocycles. The molecule has 32 heavy (non-hydrogen) atoms. The summed E-state index contributed by atoms with van der Waals surface area (Å²) in [5, 5.41) is 0.563. The standard InChI is InChI=1S/C26H23ClN2O3/c1-18(16-19-8-4-3-5-9-19)25-26(31)28(22-10-6-7-11-23(22)32-2)17-24(30)29(25)21-14-12-20(27)13-15-21/h3-16,25H,17H2,1-2H3/b18-16+. The number of anilines is 2. The van der Waals surface area contributed by atoms with E-state index in [1.807, 2.05) is 55.5 Å². The van der Waals surface area contributed by atoms with Crippen LogP contribution in [0, 0.1) is 0 Å². The molecule has 1 atom stereocenters. The van der Waals surface area contributed by atoms with E-state index in [0.717, 1.165) is 11.1 Å². The number of rotatable bonds is 5. The highest BCUT2D eigenvalue weighted by molar-refractivity contribution is 6.30. The van der Waals surface area contributed by atoms with Crippen molar-refractivity contribution in [3.05, 3.63) is 95.0 Å². The minimum absolute atomic E-state index is 0.0864. The number of methoxy groups -OCH3 is 1. The van der Waals surface area contributed by atoms with Gasteiger partial charge in [-0.05, 0) is 54.5 Å². The summed E-state index contributed by atoms with van der Waals surface area (Å²) in [4.78, 5) is 30.3. The molecule has 2 amide bonds. The van der Waals surface area contributed by atoms with Crippen LogP contribution in [0.1, 0.15) is 12.5 Å². The Labute approximate surface area is 192 Å². The van der Waals surface area contributed by atoms with Crippen LogP contribution in [0.25, 0.3) is 6.08 Å². The number of hydrogen-bond donors (Lipinski definition) is 0. The number of nitrogens with zero attached hydrogens (tertiary/aromatic N) is 2. The molecule has 6 heteroatoms. The predicted octanol–water partition coefficient (Wildman–Crippen LogP) is 5.20. The normalized spacial score (nSPS) is 17.0. The molecule has 1 saturated heterocycles. The first kappa shape index (κ1) is 21.7. The van der Waals surface area contributed by atoms with Gasteiger partial charge in [-0.2, -0.15) is 0 Å². The van der Waals surface area contributed by atoms with Gasteiger partial charge in [0.15, 0.2) is 0 Å². The third-order valence-corrected chi connectivity index (χ3v) is 5.68. The van der Waals surface area contributed by atoms with Crippen LogP contribution in [0.3, 0.4) is 0 Å². The van der Waals surface area contributed by atoms with Gasteiger partial charge in [0.1, 0.15) is 18.3 Å². The van der Waals surface area contributed by atoms with Crippen molar-refractivity contribution < 1.29 is 14.3 Å². The van der Waals surface area contributed by atoms with E-state index < -0.39 is 6.04 Å². The van der Waals surface area contributed by atoms with Crippen molar-refractivity contribution in [1.82, 2.24) is 0 Å². The smallest absolute Gasteiger partial charge is 0.255 e. The number of piperazine rings is 1. The number of hydrogen-bond acceptors (Lipinski definition) is 3. The second-order valence-corrected chi connectivity index (χ2v) is 7.97. The molecule has 0 aromatic heterocycles. The van der Waals surface area contributed by atoms with Gasteiger partial charge in [0.05, 0.1) is 12.8 Å². The average molecular weight is 447 g/mol. The van der Waals surface area contributed by atoms with Crippen LogP contribution in [0.4, 0.5) is 11.4 Å². The molecular weight excluding hydrogens is 424 g/mol. The number of ether oxygens (including phenoxy) is 1. The second-order valence-electron chi connectivity index (χ2n) is 7.54. The third-order valence-electron chi connectivity index (χ3n) is 5.43. The monoisotopic (exact) mass is 446 g/mol. The summed E-state index contributed by atoms with van der Waals surface area (Å²) in [6, 6.07) is 23.1. The summed E-state index contributed by atoms with van der Waals surface area (Å²) in [6.45, 7) is 1.79. The SMILES string of the molecule is COc1ccccc1N1CC(=O)N(c2ccc(Cl)cc2)C(/C(C)=C/c2ccccc2)C1=O. The van der Waals surface area contributed by atoms with Gasteiger partial charge in [-0.1, -0.05) is 60.1 Å². The zero-order valence-corrected chi connectivity index (χ0v) is 18.6. The van der Waals surface area contributed by atoms with Gasteiger partial charge in [-0.3, -0.25) is 19.4 Å².